The summed E-state index contributed by atoms with van der Waals surface area (Å²) >= 11 is 0. The highest BCUT2D eigenvalue weighted by Crippen LogP contribution is 2.29. The molecule has 0 fully saturated rings. The summed E-state index contributed by atoms with van der Waals surface area (Å²) in [5.41, 5.74) is 7.58. The standard InChI is InChI=1S/C33H38N3O/c1-6-7-8-9-10-11-20-37-28-16-14-27(15-17-28)31-34-32(29-18-12-23(2)21-25(29)4)36-33(35-31)30-19-13-24(3)22-26(30)5/h12-14,16-19,21-22H,6-11,20H2,1-5H3. The molecule has 0 spiro atoms. The molecule has 0 aliphatic carbocycles. The molecule has 0 N–H and O–H groups in total. The molecule has 0 saturated heterocycles. The maximum Gasteiger partial charge on any atom is 0.164 e. The Morgan fingerprint density at radius 1 is 0.649 bits per heavy atom. The first-order chi connectivity index (χ1) is 17.9. The van der Waals surface area contributed by atoms with Crippen LogP contribution < -0.4 is 4.74 Å². The van der Waals surface area contributed by atoms with Gasteiger partial charge in [0, 0.05) is 16.7 Å². The summed E-state index contributed by atoms with van der Waals surface area (Å²) in [6.07, 6.45) is 7.50. The summed E-state index contributed by atoms with van der Waals surface area (Å²) in [7, 11) is 0. The third-order valence-corrected chi connectivity index (χ3v) is 6.67. The van der Waals surface area contributed by atoms with E-state index in [2.05, 4.69) is 77.1 Å². The maximum atomic E-state index is 5.96. The average Bonchev–Trinajstić information content (AvgIpc) is 2.88. The summed E-state index contributed by atoms with van der Waals surface area (Å²) in [5.74, 6) is 2.79. The van der Waals surface area contributed by atoms with Crippen LogP contribution in [0.3, 0.4) is 0 Å². The molecule has 3 aromatic carbocycles. The number of hydrogen-bond acceptors (Lipinski definition) is 4. The SMILES string of the molecule is CCCCCCCCOc1c[c]c(-c2nc(-c3ccc(C)cc3C)nc(-c3ccc(C)cc3C)n2)cc1. The van der Waals surface area contributed by atoms with Crippen molar-refractivity contribution in [2.45, 2.75) is 73.1 Å². The minimum atomic E-state index is 0.613. The minimum absolute atomic E-state index is 0.613. The second-order valence-corrected chi connectivity index (χ2v) is 10.00. The molecule has 37 heavy (non-hydrogen) atoms. The van der Waals surface area contributed by atoms with Crippen LogP contribution in [0.15, 0.2) is 54.6 Å². The van der Waals surface area contributed by atoms with Crippen LogP contribution in [0.5, 0.6) is 5.75 Å². The number of nitrogens with zero attached hydrogens (tertiary/aromatic N) is 3. The zero-order valence-electron chi connectivity index (χ0n) is 22.9. The quantitative estimate of drug-likeness (QED) is 0.197. The number of rotatable bonds is 11. The van der Waals surface area contributed by atoms with Crippen molar-refractivity contribution in [2.24, 2.45) is 0 Å². The van der Waals surface area contributed by atoms with E-state index in [0.29, 0.717) is 17.5 Å². The van der Waals surface area contributed by atoms with Gasteiger partial charge in [-0.05, 0) is 69.5 Å². The van der Waals surface area contributed by atoms with Crippen molar-refractivity contribution < 1.29 is 4.74 Å². The van der Waals surface area contributed by atoms with E-state index < -0.39 is 0 Å². The topological polar surface area (TPSA) is 47.9 Å². The molecule has 0 saturated carbocycles. The Morgan fingerprint density at radius 2 is 1.22 bits per heavy atom. The molecular formula is C33H38N3O. The zero-order chi connectivity index (χ0) is 26.2. The van der Waals surface area contributed by atoms with E-state index in [0.717, 1.165) is 46.6 Å². The predicted molar refractivity (Wildman–Crippen MR) is 153 cm³/mol. The van der Waals surface area contributed by atoms with Gasteiger partial charge in [-0.3, -0.25) is 0 Å². The van der Waals surface area contributed by atoms with Gasteiger partial charge in [0.15, 0.2) is 17.5 Å². The minimum Gasteiger partial charge on any atom is -0.494 e. The molecule has 0 aliphatic rings. The van der Waals surface area contributed by atoms with Gasteiger partial charge < -0.3 is 4.74 Å². The molecule has 4 heteroatoms. The molecular weight excluding hydrogens is 454 g/mol. The normalized spacial score (nSPS) is 11.1. The van der Waals surface area contributed by atoms with Gasteiger partial charge in [-0.2, -0.15) is 0 Å². The maximum absolute atomic E-state index is 5.96. The summed E-state index contributed by atoms with van der Waals surface area (Å²) in [5, 5.41) is 0. The van der Waals surface area contributed by atoms with Gasteiger partial charge in [0.1, 0.15) is 5.75 Å². The fourth-order valence-electron chi connectivity index (χ4n) is 4.58. The van der Waals surface area contributed by atoms with Crippen molar-refractivity contribution >= 4 is 0 Å². The lowest BCUT2D eigenvalue weighted by Gasteiger charge is -2.12. The molecule has 4 rings (SSSR count). The van der Waals surface area contributed by atoms with E-state index in [1.165, 1.54) is 43.2 Å². The number of aromatic nitrogens is 3. The van der Waals surface area contributed by atoms with Crippen LogP contribution in [0.1, 0.15) is 67.7 Å². The Hall–Kier alpha value is -3.53. The monoisotopic (exact) mass is 492 g/mol. The van der Waals surface area contributed by atoms with Crippen molar-refractivity contribution in [3.63, 3.8) is 0 Å². The highest BCUT2D eigenvalue weighted by Gasteiger charge is 2.15. The first-order valence-corrected chi connectivity index (χ1v) is 13.5. The van der Waals surface area contributed by atoms with Gasteiger partial charge in [0.05, 0.1) is 6.61 Å². The molecule has 1 heterocycles. The number of hydrogen-bond donors (Lipinski definition) is 0. The highest BCUT2D eigenvalue weighted by atomic mass is 16.5. The largest absolute Gasteiger partial charge is 0.494 e. The van der Waals surface area contributed by atoms with Crippen molar-refractivity contribution in [3.8, 4) is 39.9 Å². The smallest absolute Gasteiger partial charge is 0.164 e. The first kappa shape index (κ1) is 26.5. The summed E-state index contributed by atoms with van der Waals surface area (Å²) in [6, 6.07) is 21.9. The summed E-state index contributed by atoms with van der Waals surface area (Å²) < 4.78 is 5.96. The molecule has 0 atom stereocenters. The van der Waals surface area contributed by atoms with Gasteiger partial charge in [0.2, 0.25) is 0 Å². The summed E-state index contributed by atoms with van der Waals surface area (Å²) in [4.78, 5) is 14.7. The Labute approximate surface area is 222 Å². The van der Waals surface area contributed by atoms with E-state index in [4.69, 9.17) is 19.7 Å². The van der Waals surface area contributed by atoms with E-state index in [1.54, 1.807) is 0 Å². The van der Waals surface area contributed by atoms with Gasteiger partial charge >= 0.3 is 0 Å². The Bertz CT molecular complexity index is 1260. The van der Waals surface area contributed by atoms with Crippen molar-refractivity contribution in [2.75, 3.05) is 6.61 Å². The zero-order valence-corrected chi connectivity index (χ0v) is 22.9. The first-order valence-electron chi connectivity index (χ1n) is 13.5. The van der Waals surface area contributed by atoms with Crippen LogP contribution in [0.4, 0.5) is 0 Å². The van der Waals surface area contributed by atoms with Crippen LogP contribution in [0.25, 0.3) is 34.2 Å². The highest BCUT2D eigenvalue weighted by molar-refractivity contribution is 5.69. The third kappa shape index (κ3) is 7.03. The van der Waals surface area contributed by atoms with Gasteiger partial charge in [0.25, 0.3) is 0 Å². The Kier molecular flexibility index (Phi) is 9.05. The molecule has 0 aliphatic heterocycles. The van der Waals surface area contributed by atoms with Crippen LogP contribution in [-0.4, -0.2) is 21.6 Å². The molecule has 0 unspecified atom stereocenters. The second kappa shape index (κ2) is 12.6. The van der Waals surface area contributed by atoms with Gasteiger partial charge in [-0.15, -0.1) is 0 Å². The molecule has 1 aromatic heterocycles. The van der Waals surface area contributed by atoms with E-state index in [9.17, 15) is 0 Å². The Morgan fingerprint density at radius 3 is 1.76 bits per heavy atom. The lowest BCUT2D eigenvalue weighted by molar-refractivity contribution is 0.304. The lowest BCUT2D eigenvalue weighted by Crippen LogP contribution is -2.02. The Balaban J connectivity index is 1.60. The van der Waals surface area contributed by atoms with Crippen LogP contribution in [0.2, 0.25) is 0 Å². The summed E-state index contributed by atoms with van der Waals surface area (Å²) in [6.45, 7) is 11.4. The van der Waals surface area contributed by atoms with Crippen molar-refractivity contribution in [1.82, 2.24) is 15.0 Å². The number of aryl methyl sites for hydroxylation is 4. The van der Waals surface area contributed by atoms with Gasteiger partial charge in [-0.1, -0.05) is 86.6 Å². The van der Waals surface area contributed by atoms with E-state index >= 15 is 0 Å². The molecule has 4 aromatic rings. The molecule has 191 valence electrons. The fourth-order valence-corrected chi connectivity index (χ4v) is 4.58. The molecule has 0 bridgehead atoms. The van der Waals surface area contributed by atoms with E-state index in [1.807, 2.05) is 18.2 Å². The lowest BCUT2D eigenvalue weighted by atomic mass is 10.0. The van der Waals surface area contributed by atoms with Crippen LogP contribution >= 0.6 is 0 Å². The van der Waals surface area contributed by atoms with Crippen molar-refractivity contribution in [1.29, 1.82) is 0 Å². The number of unbranched alkanes of at least 4 members (excludes halogenated alkanes) is 5. The molecule has 1 radical (unpaired) electrons. The third-order valence-electron chi connectivity index (χ3n) is 6.67. The van der Waals surface area contributed by atoms with Gasteiger partial charge in [-0.25, -0.2) is 15.0 Å². The number of benzene rings is 3. The van der Waals surface area contributed by atoms with Crippen LogP contribution in [0, 0.1) is 33.8 Å². The van der Waals surface area contributed by atoms with E-state index in [-0.39, 0.29) is 0 Å². The average molecular weight is 493 g/mol. The fraction of sp³-hybridized carbons (Fsp3) is 0.364. The second-order valence-electron chi connectivity index (χ2n) is 10.00. The predicted octanol–water partition coefficient (Wildman–Crippen LogP) is 8.65. The molecule has 4 nitrogen and oxygen atoms in total. The molecule has 0 amide bonds. The van der Waals surface area contributed by atoms with Crippen LogP contribution in [-0.2, 0) is 0 Å². The number of ether oxygens (including phenoxy) is 1. The van der Waals surface area contributed by atoms with Crippen molar-refractivity contribution in [3.05, 3.63) is 82.9 Å².